The Balaban J connectivity index is 0.00000220. The highest BCUT2D eigenvalue weighted by Crippen LogP contribution is 2.24. The Morgan fingerprint density at radius 1 is 1.38 bits per heavy atom. The lowest BCUT2D eigenvalue weighted by Gasteiger charge is -2.31. The summed E-state index contributed by atoms with van der Waals surface area (Å²) < 4.78 is 28.4. The van der Waals surface area contributed by atoms with E-state index in [0.29, 0.717) is 29.6 Å². The Labute approximate surface area is 133 Å². The minimum Gasteiger partial charge on any atom is -0.317 e. The van der Waals surface area contributed by atoms with Crippen molar-refractivity contribution in [1.29, 1.82) is 0 Å². The van der Waals surface area contributed by atoms with Gasteiger partial charge in [-0.15, -0.1) is 12.4 Å². The second-order valence-electron chi connectivity index (χ2n) is 5.37. The smallest absolute Gasteiger partial charge is 0.246 e. The Bertz CT molecular complexity index is 551. The maximum atomic E-state index is 12.6. The maximum absolute atomic E-state index is 12.6. The first-order chi connectivity index (χ1) is 9.46. The molecule has 1 aromatic heterocycles. The Morgan fingerprint density at radius 2 is 2.00 bits per heavy atom. The normalized spacial score (nSPS) is 17.7. The van der Waals surface area contributed by atoms with E-state index in [1.807, 2.05) is 0 Å². The van der Waals surface area contributed by atoms with Crippen LogP contribution in [0, 0.1) is 12.8 Å². The van der Waals surface area contributed by atoms with Crippen LogP contribution in [0.15, 0.2) is 11.1 Å². The van der Waals surface area contributed by atoms with Crippen LogP contribution in [-0.2, 0) is 17.1 Å². The number of hydrogen-bond acceptors (Lipinski definition) is 4. The maximum Gasteiger partial charge on any atom is 0.246 e. The van der Waals surface area contributed by atoms with Gasteiger partial charge in [0.2, 0.25) is 10.0 Å². The number of sulfonamides is 1. The second kappa shape index (κ2) is 7.58. The molecule has 1 aliphatic rings. The summed E-state index contributed by atoms with van der Waals surface area (Å²) in [6.45, 7) is 7.03. The number of aryl methyl sites for hydroxylation is 1. The molecule has 2 rings (SSSR count). The molecule has 0 unspecified atom stereocenters. The highest BCUT2D eigenvalue weighted by molar-refractivity contribution is 7.89. The van der Waals surface area contributed by atoms with Crippen LogP contribution in [-0.4, -0.2) is 48.7 Å². The molecule has 122 valence electrons. The van der Waals surface area contributed by atoms with Crippen molar-refractivity contribution in [1.82, 2.24) is 19.4 Å². The molecular weight excluding hydrogens is 312 g/mol. The summed E-state index contributed by atoms with van der Waals surface area (Å²) in [5, 5.41) is 7.37. The van der Waals surface area contributed by atoms with Gasteiger partial charge in [-0.3, -0.25) is 4.68 Å². The number of piperidine rings is 1. The van der Waals surface area contributed by atoms with Gasteiger partial charge < -0.3 is 5.32 Å². The molecule has 1 saturated heterocycles. The molecule has 1 N–H and O–H groups in total. The van der Waals surface area contributed by atoms with Gasteiger partial charge in [-0.2, -0.15) is 9.40 Å². The molecule has 0 saturated carbocycles. The lowest BCUT2D eigenvalue weighted by Crippen LogP contribution is -2.40. The van der Waals surface area contributed by atoms with Crippen LogP contribution in [0.4, 0.5) is 0 Å². The molecule has 0 atom stereocenters. The fourth-order valence-electron chi connectivity index (χ4n) is 2.57. The lowest BCUT2D eigenvalue weighted by molar-refractivity contribution is 0.268. The first-order valence-corrected chi connectivity index (χ1v) is 8.60. The number of nitrogens with zero attached hydrogens (tertiary/aromatic N) is 3. The molecule has 0 aromatic carbocycles. The third kappa shape index (κ3) is 3.97. The van der Waals surface area contributed by atoms with Crippen molar-refractivity contribution in [3.63, 3.8) is 0 Å². The number of halogens is 1. The number of hydrogen-bond donors (Lipinski definition) is 1. The van der Waals surface area contributed by atoms with Crippen molar-refractivity contribution in [3.05, 3.63) is 11.9 Å². The summed E-state index contributed by atoms with van der Waals surface area (Å²) in [5.41, 5.74) is 0.694. The summed E-state index contributed by atoms with van der Waals surface area (Å²) in [7, 11) is -1.63. The van der Waals surface area contributed by atoms with Crippen LogP contribution < -0.4 is 5.32 Å². The molecule has 0 aliphatic carbocycles. The zero-order valence-corrected chi connectivity index (χ0v) is 14.5. The average molecular weight is 337 g/mol. The van der Waals surface area contributed by atoms with Gasteiger partial charge in [-0.25, -0.2) is 8.42 Å². The van der Waals surface area contributed by atoms with Crippen molar-refractivity contribution in [2.24, 2.45) is 13.0 Å². The molecule has 1 aliphatic heterocycles. The fourth-order valence-corrected chi connectivity index (χ4v) is 4.23. The summed E-state index contributed by atoms with van der Waals surface area (Å²) in [6.07, 6.45) is 3.30. The molecule has 0 spiro atoms. The topological polar surface area (TPSA) is 67.2 Å². The average Bonchev–Trinajstić information content (AvgIpc) is 2.78. The Kier molecular flexibility index (Phi) is 6.65. The van der Waals surface area contributed by atoms with E-state index in [0.717, 1.165) is 25.9 Å². The molecule has 1 fully saturated rings. The molecule has 2 heterocycles. The van der Waals surface area contributed by atoms with Gasteiger partial charge >= 0.3 is 0 Å². The standard InChI is InChI=1S/C13H24N4O2S.ClH/c1-4-14-9-12-5-7-17(8-6-12)20(18,19)13-10-15-16(3)11(13)2;/h10,12,14H,4-9H2,1-3H3;1H. The number of rotatable bonds is 5. The molecule has 0 amide bonds. The van der Waals surface area contributed by atoms with Crippen molar-refractivity contribution in [2.75, 3.05) is 26.2 Å². The van der Waals surface area contributed by atoms with Crippen LogP contribution in [0.2, 0.25) is 0 Å². The predicted molar refractivity (Wildman–Crippen MR) is 85.2 cm³/mol. The minimum absolute atomic E-state index is 0. The van der Waals surface area contributed by atoms with E-state index >= 15 is 0 Å². The van der Waals surface area contributed by atoms with Crippen molar-refractivity contribution in [2.45, 2.75) is 31.6 Å². The van der Waals surface area contributed by atoms with Gasteiger partial charge in [0.1, 0.15) is 4.90 Å². The molecular formula is C13H25ClN4O2S. The largest absolute Gasteiger partial charge is 0.317 e. The summed E-state index contributed by atoms with van der Waals surface area (Å²) in [5.74, 6) is 0.580. The number of aromatic nitrogens is 2. The molecule has 0 bridgehead atoms. The third-order valence-electron chi connectivity index (χ3n) is 4.06. The van der Waals surface area contributed by atoms with E-state index in [2.05, 4.69) is 17.3 Å². The zero-order chi connectivity index (χ0) is 14.8. The van der Waals surface area contributed by atoms with Crippen LogP contribution >= 0.6 is 12.4 Å². The van der Waals surface area contributed by atoms with E-state index in [4.69, 9.17) is 0 Å². The first kappa shape index (κ1) is 18.4. The van der Waals surface area contributed by atoms with Gasteiger partial charge in [0, 0.05) is 20.1 Å². The Hall–Kier alpha value is -0.630. The van der Waals surface area contributed by atoms with Gasteiger partial charge in [0.05, 0.1) is 11.9 Å². The van der Waals surface area contributed by atoms with Crippen molar-refractivity contribution < 1.29 is 8.42 Å². The lowest BCUT2D eigenvalue weighted by atomic mass is 9.98. The molecule has 1 aromatic rings. The van der Waals surface area contributed by atoms with E-state index < -0.39 is 10.0 Å². The van der Waals surface area contributed by atoms with Crippen LogP contribution in [0.5, 0.6) is 0 Å². The van der Waals surface area contributed by atoms with Gasteiger partial charge in [0.25, 0.3) is 0 Å². The first-order valence-electron chi connectivity index (χ1n) is 7.16. The molecule has 8 heteroatoms. The predicted octanol–water partition coefficient (Wildman–Crippen LogP) is 1.16. The van der Waals surface area contributed by atoms with E-state index in [1.165, 1.54) is 6.20 Å². The van der Waals surface area contributed by atoms with E-state index in [-0.39, 0.29) is 12.4 Å². The summed E-state index contributed by atoms with van der Waals surface area (Å²) in [6, 6.07) is 0. The van der Waals surface area contributed by atoms with Crippen molar-refractivity contribution in [3.8, 4) is 0 Å². The van der Waals surface area contributed by atoms with Crippen LogP contribution in [0.3, 0.4) is 0 Å². The van der Waals surface area contributed by atoms with Gasteiger partial charge in [0.15, 0.2) is 0 Å². The summed E-state index contributed by atoms with van der Waals surface area (Å²) >= 11 is 0. The SMILES string of the molecule is CCNCC1CCN(S(=O)(=O)c2cnn(C)c2C)CC1.Cl. The number of nitrogens with one attached hydrogen (secondary N) is 1. The van der Waals surface area contributed by atoms with E-state index in [1.54, 1.807) is 23.0 Å². The van der Waals surface area contributed by atoms with Gasteiger partial charge in [-0.1, -0.05) is 6.92 Å². The zero-order valence-electron chi connectivity index (χ0n) is 12.9. The van der Waals surface area contributed by atoms with Crippen LogP contribution in [0.25, 0.3) is 0 Å². The van der Waals surface area contributed by atoms with Crippen LogP contribution in [0.1, 0.15) is 25.5 Å². The van der Waals surface area contributed by atoms with E-state index in [9.17, 15) is 8.42 Å². The quantitative estimate of drug-likeness (QED) is 0.876. The highest BCUT2D eigenvalue weighted by atomic mass is 35.5. The van der Waals surface area contributed by atoms with Crippen molar-refractivity contribution >= 4 is 22.4 Å². The fraction of sp³-hybridized carbons (Fsp3) is 0.769. The van der Waals surface area contributed by atoms with Gasteiger partial charge in [-0.05, 0) is 38.8 Å². The third-order valence-corrected chi connectivity index (χ3v) is 6.07. The highest BCUT2D eigenvalue weighted by Gasteiger charge is 2.31. The monoisotopic (exact) mass is 336 g/mol. The molecule has 21 heavy (non-hydrogen) atoms. The minimum atomic E-state index is -3.39. The summed E-state index contributed by atoms with van der Waals surface area (Å²) in [4.78, 5) is 0.338. The Morgan fingerprint density at radius 3 is 2.48 bits per heavy atom. The molecule has 0 radical (unpaired) electrons. The second-order valence-corrected chi connectivity index (χ2v) is 7.28. The molecule has 6 nitrogen and oxygen atoms in total.